The number of hydrogen-bond acceptors (Lipinski definition) is 4. The van der Waals surface area contributed by atoms with E-state index < -0.39 is 0 Å². The number of halogens is 1. The third-order valence-electron chi connectivity index (χ3n) is 3.42. The van der Waals surface area contributed by atoms with Crippen molar-refractivity contribution >= 4 is 35.0 Å². The summed E-state index contributed by atoms with van der Waals surface area (Å²) in [6.07, 6.45) is 0.706. The van der Waals surface area contributed by atoms with Crippen LogP contribution in [0, 0.1) is 0 Å². The Hall–Kier alpha value is -1.85. The SMILES string of the molecule is CC[C@@H](Sc1ccc(Cl)cc1)C(=O)Nc1ccc(OC)cc1OC. The second-order valence-electron chi connectivity index (χ2n) is 5.02. The monoisotopic (exact) mass is 365 g/mol. The average molecular weight is 366 g/mol. The molecule has 2 aromatic rings. The van der Waals surface area contributed by atoms with Crippen LogP contribution in [0.5, 0.6) is 11.5 Å². The molecule has 24 heavy (non-hydrogen) atoms. The first-order valence-electron chi connectivity index (χ1n) is 7.52. The number of carbonyl (C=O) groups excluding carboxylic acids is 1. The second-order valence-corrected chi connectivity index (χ2v) is 6.74. The number of anilines is 1. The topological polar surface area (TPSA) is 47.6 Å². The number of nitrogens with one attached hydrogen (secondary N) is 1. The van der Waals surface area contributed by atoms with Crippen LogP contribution < -0.4 is 14.8 Å². The number of methoxy groups -OCH3 is 2. The zero-order chi connectivity index (χ0) is 17.5. The van der Waals surface area contributed by atoms with Gasteiger partial charge >= 0.3 is 0 Å². The highest BCUT2D eigenvalue weighted by molar-refractivity contribution is 8.00. The molecule has 0 radical (unpaired) electrons. The second kappa shape index (κ2) is 8.85. The molecule has 1 amide bonds. The van der Waals surface area contributed by atoms with E-state index in [1.54, 1.807) is 32.4 Å². The number of benzene rings is 2. The van der Waals surface area contributed by atoms with Crippen LogP contribution >= 0.6 is 23.4 Å². The fourth-order valence-corrected chi connectivity index (χ4v) is 3.20. The number of hydrogen-bond donors (Lipinski definition) is 1. The van der Waals surface area contributed by atoms with Crippen LogP contribution in [-0.4, -0.2) is 25.4 Å². The van der Waals surface area contributed by atoms with Crippen LogP contribution in [0.2, 0.25) is 5.02 Å². The number of amides is 1. The van der Waals surface area contributed by atoms with Crippen molar-refractivity contribution < 1.29 is 14.3 Å². The standard InChI is InChI=1S/C18H20ClNO3S/c1-4-17(24-14-8-5-12(19)6-9-14)18(21)20-15-10-7-13(22-2)11-16(15)23-3/h5-11,17H,4H2,1-3H3,(H,20,21)/t17-/m1/s1. The number of carbonyl (C=O) groups is 1. The third kappa shape index (κ3) is 4.82. The molecule has 0 fully saturated rings. The van der Waals surface area contributed by atoms with Crippen molar-refractivity contribution in [3.63, 3.8) is 0 Å². The molecule has 0 aliphatic carbocycles. The summed E-state index contributed by atoms with van der Waals surface area (Å²) in [5.74, 6) is 1.17. The Labute approximate surface area is 151 Å². The van der Waals surface area contributed by atoms with E-state index >= 15 is 0 Å². The molecule has 2 aromatic carbocycles. The van der Waals surface area contributed by atoms with Crippen molar-refractivity contribution in [2.75, 3.05) is 19.5 Å². The highest BCUT2D eigenvalue weighted by atomic mass is 35.5. The molecule has 0 saturated heterocycles. The maximum absolute atomic E-state index is 12.6. The van der Waals surface area contributed by atoms with Gasteiger partial charge in [-0.3, -0.25) is 4.79 Å². The lowest BCUT2D eigenvalue weighted by Crippen LogP contribution is -2.24. The van der Waals surface area contributed by atoms with Crippen LogP contribution in [0.4, 0.5) is 5.69 Å². The van der Waals surface area contributed by atoms with Crippen molar-refractivity contribution in [3.05, 3.63) is 47.5 Å². The van der Waals surface area contributed by atoms with Gasteiger partial charge in [-0.1, -0.05) is 18.5 Å². The minimum absolute atomic E-state index is 0.0686. The quantitative estimate of drug-likeness (QED) is 0.711. The van der Waals surface area contributed by atoms with Gasteiger partial charge < -0.3 is 14.8 Å². The van der Waals surface area contributed by atoms with Gasteiger partial charge in [0, 0.05) is 16.0 Å². The molecule has 0 aliphatic rings. The Balaban J connectivity index is 2.10. The first-order chi connectivity index (χ1) is 11.6. The Morgan fingerprint density at radius 3 is 2.46 bits per heavy atom. The molecule has 1 N–H and O–H groups in total. The summed E-state index contributed by atoms with van der Waals surface area (Å²) in [4.78, 5) is 13.6. The van der Waals surface area contributed by atoms with Gasteiger partial charge in [0.15, 0.2) is 0 Å². The molecule has 0 unspecified atom stereocenters. The molecular weight excluding hydrogens is 346 g/mol. The largest absolute Gasteiger partial charge is 0.497 e. The van der Waals surface area contributed by atoms with Gasteiger partial charge in [0.05, 0.1) is 25.2 Å². The van der Waals surface area contributed by atoms with E-state index in [0.717, 1.165) is 4.90 Å². The van der Waals surface area contributed by atoms with Crippen LogP contribution in [0.25, 0.3) is 0 Å². The third-order valence-corrected chi connectivity index (χ3v) is 5.05. The fraction of sp³-hybridized carbons (Fsp3) is 0.278. The molecular formula is C18H20ClNO3S. The maximum Gasteiger partial charge on any atom is 0.237 e. The number of rotatable bonds is 7. The summed E-state index contributed by atoms with van der Waals surface area (Å²) < 4.78 is 10.5. The van der Waals surface area contributed by atoms with Gasteiger partial charge in [-0.05, 0) is 42.8 Å². The maximum atomic E-state index is 12.6. The normalized spacial score (nSPS) is 11.7. The molecule has 6 heteroatoms. The van der Waals surface area contributed by atoms with Crippen LogP contribution in [0.3, 0.4) is 0 Å². The van der Waals surface area contributed by atoms with Crippen molar-refractivity contribution in [3.8, 4) is 11.5 Å². The summed E-state index contributed by atoms with van der Waals surface area (Å²) in [5, 5.41) is 3.40. The highest BCUT2D eigenvalue weighted by Crippen LogP contribution is 2.31. The highest BCUT2D eigenvalue weighted by Gasteiger charge is 2.19. The minimum atomic E-state index is -0.210. The summed E-state index contributed by atoms with van der Waals surface area (Å²) >= 11 is 7.41. The average Bonchev–Trinajstić information content (AvgIpc) is 2.61. The lowest BCUT2D eigenvalue weighted by Gasteiger charge is -2.17. The van der Waals surface area contributed by atoms with Gasteiger partial charge in [0.1, 0.15) is 11.5 Å². The first-order valence-corrected chi connectivity index (χ1v) is 8.78. The molecule has 4 nitrogen and oxygen atoms in total. The van der Waals surface area contributed by atoms with E-state index in [-0.39, 0.29) is 11.2 Å². The van der Waals surface area contributed by atoms with Crippen molar-refractivity contribution in [2.45, 2.75) is 23.5 Å². The predicted octanol–water partition coefficient (Wildman–Crippen LogP) is 4.87. The van der Waals surface area contributed by atoms with Gasteiger partial charge in [-0.15, -0.1) is 11.8 Å². The first kappa shape index (κ1) is 18.5. The molecule has 0 bridgehead atoms. The molecule has 0 aromatic heterocycles. The molecule has 1 atom stereocenters. The van der Waals surface area contributed by atoms with Crippen molar-refractivity contribution in [1.29, 1.82) is 0 Å². The molecule has 2 rings (SSSR count). The Morgan fingerprint density at radius 1 is 1.17 bits per heavy atom. The van der Waals surface area contributed by atoms with Crippen LogP contribution in [-0.2, 0) is 4.79 Å². The van der Waals surface area contributed by atoms with Gasteiger partial charge in [0.2, 0.25) is 5.91 Å². The van der Waals surface area contributed by atoms with E-state index in [0.29, 0.717) is 28.6 Å². The van der Waals surface area contributed by atoms with Crippen molar-refractivity contribution in [1.82, 2.24) is 0 Å². The summed E-state index contributed by atoms with van der Waals surface area (Å²) in [6, 6.07) is 12.8. The number of ether oxygens (including phenoxy) is 2. The van der Waals surface area contributed by atoms with Gasteiger partial charge in [0.25, 0.3) is 0 Å². The van der Waals surface area contributed by atoms with E-state index in [9.17, 15) is 4.79 Å². The van der Waals surface area contributed by atoms with Crippen LogP contribution in [0.15, 0.2) is 47.4 Å². The summed E-state index contributed by atoms with van der Waals surface area (Å²) in [5.41, 5.74) is 0.624. The zero-order valence-electron chi connectivity index (χ0n) is 13.8. The molecule has 0 saturated carbocycles. The minimum Gasteiger partial charge on any atom is -0.497 e. The lowest BCUT2D eigenvalue weighted by molar-refractivity contribution is -0.115. The Morgan fingerprint density at radius 2 is 1.88 bits per heavy atom. The summed E-state index contributed by atoms with van der Waals surface area (Å²) in [7, 11) is 3.15. The molecule has 0 heterocycles. The van der Waals surface area contributed by atoms with Crippen LogP contribution in [0.1, 0.15) is 13.3 Å². The Kier molecular flexibility index (Phi) is 6.82. The smallest absolute Gasteiger partial charge is 0.237 e. The number of thioether (sulfide) groups is 1. The lowest BCUT2D eigenvalue weighted by atomic mass is 10.2. The van der Waals surface area contributed by atoms with E-state index in [1.807, 2.05) is 31.2 Å². The summed E-state index contributed by atoms with van der Waals surface area (Å²) in [6.45, 7) is 1.98. The molecule has 0 aliphatic heterocycles. The van der Waals surface area contributed by atoms with E-state index in [1.165, 1.54) is 11.8 Å². The molecule has 0 spiro atoms. The van der Waals surface area contributed by atoms with Gasteiger partial charge in [-0.2, -0.15) is 0 Å². The zero-order valence-corrected chi connectivity index (χ0v) is 15.4. The molecule has 128 valence electrons. The van der Waals surface area contributed by atoms with Gasteiger partial charge in [-0.25, -0.2) is 0 Å². The van der Waals surface area contributed by atoms with E-state index in [4.69, 9.17) is 21.1 Å². The Bertz CT molecular complexity index is 691. The van der Waals surface area contributed by atoms with E-state index in [2.05, 4.69) is 5.32 Å². The van der Waals surface area contributed by atoms with Crippen molar-refractivity contribution in [2.24, 2.45) is 0 Å². The predicted molar refractivity (Wildman–Crippen MR) is 99.6 cm³/mol. The fourth-order valence-electron chi connectivity index (χ4n) is 2.11.